The Balaban J connectivity index is 1.56. The van der Waals surface area contributed by atoms with Crippen molar-refractivity contribution in [3.63, 3.8) is 0 Å². The topological polar surface area (TPSA) is 30.5 Å². The molecule has 0 amide bonds. The molecule has 0 radical (unpaired) electrons. The van der Waals surface area contributed by atoms with Gasteiger partial charge < -0.3 is 14.8 Å². The molecule has 1 N–H and O–H groups in total. The van der Waals surface area contributed by atoms with Crippen LogP contribution in [0.15, 0.2) is 18.2 Å². The summed E-state index contributed by atoms with van der Waals surface area (Å²) in [6.45, 7) is 8.62. The summed E-state index contributed by atoms with van der Waals surface area (Å²) in [5.74, 6) is 2.66. The standard InChI is InChI=1S/C22H33NO2/c1-5-25-19-17(7-6-8-18(19)24-4)12-23-22-11-16-9-20(2,14-22)13-21(3,10-16)15-22/h6-8,16,23H,5,9-15H2,1-4H3. The van der Waals surface area contributed by atoms with Crippen LogP contribution in [0.2, 0.25) is 0 Å². The van der Waals surface area contributed by atoms with Gasteiger partial charge in [-0.15, -0.1) is 0 Å². The smallest absolute Gasteiger partial charge is 0.165 e. The first-order chi connectivity index (χ1) is 11.9. The molecule has 3 nitrogen and oxygen atoms in total. The van der Waals surface area contributed by atoms with Gasteiger partial charge in [0.05, 0.1) is 13.7 Å². The number of benzene rings is 1. The van der Waals surface area contributed by atoms with Gasteiger partial charge in [0.1, 0.15) is 0 Å². The van der Waals surface area contributed by atoms with Gasteiger partial charge in [-0.1, -0.05) is 26.0 Å². The fourth-order valence-electron chi connectivity index (χ4n) is 7.10. The zero-order valence-corrected chi connectivity index (χ0v) is 16.3. The molecule has 4 saturated carbocycles. The second-order valence-electron chi connectivity index (χ2n) is 9.65. The molecule has 4 aliphatic carbocycles. The van der Waals surface area contributed by atoms with E-state index < -0.39 is 0 Å². The van der Waals surface area contributed by atoms with Crippen LogP contribution in [0.25, 0.3) is 0 Å². The monoisotopic (exact) mass is 343 g/mol. The highest BCUT2D eigenvalue weighted by molar-refractivity contribution is 5.46. The normalized spacial score (nSPS) is 38.8. The number of methoxy groups -OCH3 is 1. The number of para-hydroxylation sites is 1. The second-order valence-corrected chi connectivity index (χ2v) is 9.65. The molecule has 2 unspecified atom stereocenters. The molecule has 0 heterocycles. The minimum atomic E-state index is 0.315. The highest BCUT2D eigenvalue weighted by atomic mass is 16.5. The van der Waals surface area contributed by atoms with Gasteiger partial charge in [0.2, 0.25) is 0 Å². The van der Waals surface area contributed by atoms with Crippen molar-refractivity contribution in [2.75, 3.05) is 13.7 Å². The highest BCUT2D eigenvalue weighted by Gasteiger charge is 2.59. The highest BCUT2D eigenvalue weighted by Crippen LogP contribution is 2.66. The Kier molecular flexibility index (Phi) is 4.06. The molecule has 4 fully saturated rings. The molecule has 25 heavy (non-hydrogen) atoms. The lowest BCUT2D eigenvalue weighted by atomic mass is 9.43. The first-order valence-corrected chi connectivity index (χ1v) is 9.92. The Morgan fingerprint density at radius 1 is 1.08 bits per heavy atom. The van der Waals surface area contributed by atoms with Crippen LogP contribution in [0.3, 0.4) is 0 Å². The van der Waals surface area contributed by atoms with E-state index in [0.717, 1.165) is 24.0 Å². The van der Waals surface area contributed by atoms with Crippen molar-refractivity contribution in [1.29, 1.82) is 0 Å². The summed E-state index contributed by atoms with van der Waals surface area (Å²) in [4.78, 5) is 0. The molecular formula is C22H33NO2. The lowest BCUT2D eigenvalue weighted by molar-refractivity contribution is -0.118. The first-order valence-electron chi connectivity index (χ1n) is 9.92. The number of rotatable bonds is 6. The molecule has 1 aromatic carbocycles. The molecule has 4 bridgehead atoms. The van der Waals surface area contributed by atoms with E-state index in [1.807, 2.05) is 13.0 Å². The van der Waals surface area contributed by atoms with Gasteiger partial charge >= 0.3 is 0 Å². The van der Waals surface area contributed by atoms with Gasteiger partial charge in [0, 0.05) is 17.6 Å². The Hall–Kier alpha value is -1.22. The number of ether oxygens (including phenoxy) is 2. The summed E-state index contributed by atoms with van der Waals surface area (Å²) in [6, 6.07) is 6.23. The van der Waals surface area contributed by atoms with Crippen LogP contribution in [0.1, 0.15) is 64.9 Å². The Labute approximate surface area is 152 Å². The van der Waals surface area contributed by atoms with Crippen molar-refractivity contribution < 1.29 is 9.47 Å². The van der Waals surface area contributed by atoms with Gasteiger partial charge in [0.15, 0.2) is 11.5 Å². The lowest BCUT2D eigenvalue weighted by Crippen LogP contribution is -2.63. The molecular weight excluding hydrogens is 310 g/mol. The molecule has 138 valence electrons. The SMILES string of the molecule is CCOc1c(CNC23CC4CC(C)(CC(C)(C4)C2)C3)cccc1OC. The van der Waals surface area contributed by atoms with Gasteiger partial charge in [-0.2, -0.15) is 0 Å². The minimum Gasteiger partial charge on any atom is -0.493 e. The largest absolute Gasteiger partial charge is 0.493 e. The predicted molar refractivity (Wildman–Crippen MR) is 101 cm³/mol. The lowest BCUT2D eigenvalue weighted by Gasteiger charge is -2.65. The molecule has 0 aliphatic heterocycles. The molecule has 5 rings (SSSR count). The van der Waals surface area contributed by atoms with Crippen molar-refractivity contribution in [3.05, 3.63) is 23.8 Å². The number of nitrogens with one attached hydrogen (secondary N) is 1. The Morgan fingerprint density at radius 3 is 2.40 bits per heavy atom. The van der Waals surface area contributed by atoms with Crippen molar-refractivity contribution in [3.8, 4) is 11.5 Å². The van der Waals surface area contributed by atoms with E-state index in [-0.39, 0.29) is 0 Å². The van der Waals surface area contributed by atoms with Crippen LogP contribution >= 0.6 is 0 Å². The van der Waals surface area contributed by atoms with Crippen molar-refractivity contribution in [2.24, 2.45) is 16.7 Å². The molecule has 4 aliphatic rings. The number of hydrogen-bond donors (Lipinski definition) is 1. The van der Waals surface area contributed by atoms with E-state index >= 15 is 0 Å². The zero-order valence-electron chi connectivity index (χ0n) is 16.3. The third kappa shape index (κ3) is 3.05. The molecule has 2 atom stereocenters. The summed E-state index contributed by atoms with van der Waals surface area (Å²) in [5, 5.41) is 4.01. The van der Waals surface area contributed by atoms with Gasteiger partial charge in [-0.05, 0) is 68.3 Å². The summed E-state index contributed by atoms with van der Waals surface area (Å²) in [7, 11) is 1.72. The number of hydrogen-bond acceptors (Lipinski definition) is 3. The zero-order chi connectivity index (χ0) is 17.7. The molecule has 0 saturated heterocycles. The maximum Gasteiger partial charge on any atom is 0.165 e. The summed E-state index contributed by atoms with van der Waals surface area (Å²) < 4.78 is 11.4. The average Bonchev–Trinajstić information content (AvgIpc) is 2.50. The summed E-state index contributed by atoms with van der Waals surface area (Å²) >= 11 is 0. The van der Waals surface area contributed by atoms with Gasteiger partial charge in [-0.3, -0.25) is 0 Å². The maximum atomic E-state index is 5.91. The third-order valence-electron chi connectivity index (χ3n) is 6.85. The third-order valence-corrected chi connectivity index (χ3v) is 6.85. The summed E-state index contributed by atoms with van der Waals surface area (Å²) in [5.41, 5.74) is 2.61. The quantitative estimate of drug-likeness (QED) is 0.794. The van der Waals surface area contributed by atoms with E-state index in [1.54, 1.807) is 7.11 Å². The van der Waals surface area contributed by atoms with Crippen LogP contribution < -0.4 is 14.8 Å². The minimum absolute atomic E-state index is 0.315. The van der Waals surface area contributed by atoms with Crippen molar-refractivity contribution >= 4 is 0 Å². The Morgan fingerprint density at radius 2 is 1.80 bits per heavy atom. The van der Waals surface area contributed by atoms with Crippen molar-refractivity contribution in [1.82, 2.24) is 5.32 Å². The van der Waals surface area contributed by atoms with Crippen LogP contribution in [0, 0.1) is 16.7 Å². The molecule has 1 aromatic rings. The average molecular weight is 344 g/mol. The van der Waals surface area contributed by atoms with E-state index in [4.69, 9.17) is 9.47 Å². The molecule has 0 aromatic heterocycles. The second kappa shape index (κ2) is 5.90. The summed E-state index contributed by atoms with van der Waals surface area (Å²) in [6.07, 6.45) is 8.32. The van der Waals surface area contributed by atoms with E-state index in [0.29, 0.717) is 23.0 Å². The van der Waals surface area contributed by atoms with Crippen LogP contribution in [-0.2, 0) is 6.54 Å². The van der Waals surface area contributed by atoms with Gasteiger partial charge in [-0.25, -0.2) is 0 Å². The first kappa shape index (κ1) is 17.2. The van der Waals surface area contributed by atoms with Crippen molar-refractivity contribution in [2.45, 2.75) is 71.4 Å². The molecule has 0 spiro atoms. The van der Waals surface area contributed by atoms with Crippen LogP contribution in [0.4, 0.5) is 0 Å². The fraction of sp³-hybridized carbons (Fsp3) is 0.727. The fourth-order valence-corrected chi connectivity index (χ4v) is 7.10. The molecule has 3 heteroatoms. The van der Waals surface area contributed by atoms with Crippen LogP contribution in [-0.4, -0.2) is 19.3 Å². The maximum absolute atomic E-state index is 5.91. The van der Waals surface area contributed by atoms with Gasteiger partial charge in [0.25, 0.3) is 0 Å². The van der Waals surface area contributed by atoms with E-state index in [1.165, 1.54) is 44.1 Å². The van der Waals surface area contributed by atoms with E-state index in [9.17, 15) is 0 Å². The van der Waals surface area contributed by atoms with E-state index in [2.05, 4.69) is 31.3 Å². The Bertz CT molecular complexity index is 637. The van der Waals surface area contributed by atoms with Crippen LogP contribution in [0.5, 0.6) is 11.5 Å². The predicted octanol–water partition coefficient (Wildman–Crippen LogP) is 4.93.